The van der Waals surface area contributed by atoms with Crippen LogP contribution in [0.3, 0.4) is 0 Å². The summed E-state index contributed by atoms with van der Waals surface area (Å²) >= 11 is 3.55. The van der Waals surface area contributed by atoms with Crippen LogP contribution in [0.1, 0.15) is 45.2 Å². The Labute approximate surface area is 120 Å². The second-order valence-corrected chi connectivity index (χ2v) is 5.81. The van der Waals surface area contributed by atoms with Gasteiger partial charge in [-0.25, -0.2) is 0 Å². The van der Waals surface area contributed by atoms with Crippen LogP contribution in [-0.2, 0) is 0 Å². The summed E-state index contributed by atoms with van der Waals surface area (Å²) in [4.78, 5) is 2.51. The van der Waals surface area contributed by atoms with Crippen molar-refractivity contribution in [3.63, 3.8) is 0 Å². The second-order valence-electron chi connectivity index (χ2n) is 4.89. The summed E-state index contributed by atoms with van der Waals surface area (Å²) in [5, 5.41) is 0. The molecule has 0 saturated heterocycles. The van der Waals surface area contributed by atoms with E-state index >= 15 is 0 Å². The lowest BCUT2D eigenvalue weighted by Gasteiger charge is -2.34. The zero-order valence-corrected chi connectivity index (χ0v) is 13.3. The van der Waals surface area contributed by atoms with Crippen molar-refractivity contribution in [3.05, 3.63) is 34.3 Å². The maximum Gasteiger partial charge on any atom is 0.0496 e. The zero-order valence-electron chi connectivity index (χ0n) is 11.7. The van der Waals surface area contributed by atoms with Gasteiger partial charge in [0, 0.05) is 16.6 Å². The molecule has 0 bridgehead atoms. The minimum Gasteiger partial charge on any atom is -0.326 e. The molecular formula is C15H25BrN2. The quantitative estimate of drug-likeness (QED) is 0.825. The molecule has 0 amide bonds. The monoisotopic (exact) mass is 312 g/mol. The first-order valence-corrected chi connectivity index (χ1v) is 7.64. The van der Waals surface area contributed by atoms with Crippen LogP contribution in [0.25, 0.3) is 0 Å². The van der Waals surface area contributed by atoms with E-state index in [4.69, 9.17) is 5.73 Å². The fraction of sp³-hybridized carbons (Fsp3) is 0.600. The molecule has 0 aliphatic rings. The van der Waals surface area contributed by atoms with Crippen LogP contribution < -0.4 is 5.73 Å². The van der Waals surface area contributed by atoms with Gasteiger partial charge in [0.15, 0.2) is 0 Å². The molecule has 0 saturated carbocycles. The van der Waals surface area contributed by atoms with Crippen LogP contribution in [-0.4, -0.2) is 24.0 Å². The molecule has 2 nitrogen and oxygen atoms in total. The molecule has 102 valence electrons. The van der Waals surface area contributed by atoms with E-state index in [0.29, 0.717) is 6.04 Å². The van der Waals surface area contributed by atoms with E-state index in [1.54, 1.807) is 0 Å². The Morgan fingerprint density at radius 2 is 1.83 bits per heavy atom. The van der Waals surface area contributed by atoms with E-state index in [9.17, 15) is 0 Å². The Morgan fingerprint density at radius 3 is 2.28 bits per heavy atom. The molecule has 0 aliphatic carbocycles. The van der Waals surface area contributed by atoms with Crippen LogP contribution in [0.2, 0.25) is 0 Å². The average molecular weight is 313 g/mol. The van der Waals surface area contributed by atoms with Crippen molar-refractivity contribution in [2.45, 2.75) is 45.7 Å². The first-order chi connectivity index (χ1) is 8.60. The van der Waals surface area contributed by atoms with Crippen molar-refractivity contribution in [3.8, 4) is 0 Å². The highest BCUT2D eigenvalue weighted by Gasteiger charge is 2.22. The smallest absolute Gasteiger partial charge is 0.0496 e. The van der Waals surface area contributed by atoms with Crippen LogP contribution in [0.5, 0.6) is 0 Å². The van der Waals surface area contributed by atoms with E-state index in [1.165, 1.54) is 5.56 Å². The summed E-state index contributed by atoms with van der Waals surface area (Å²) in [6, 6.07) is 8.96. The van der Waals surface area contributed by atoms with E-state index in [2.05, 4.69) is 65.9 Å². The Balaban J connectivity index is 2.99. The number of hydrogen-bond donors (Lipinski definition) is 1. The van der Waals surface area contributed by atoms with Gasteiger partial charge in [0.05, 0.1) is 0 Å². The highest BCUT2D eigenvalue weighted by atomic mass is 79.9. The standard InChI is InChI=1S/C15H25BrN2/c1-4-9-18(10-5-2)15(12(3)17)13-7-6-8-14(16)11-13/h6-8,11-12,15H,4-5,9-10,17H2,1-3H3. The number of rotatable bonds is 7. The lowest BCUT2D eigenvalue weighted by molar-refractivity contribution is 0.176. The van der Waals surface area contributed by atoms with Crippen LogP contribution in [0, 0.1) is 0 Å². The van der Waals surface area contributed by atoms with Gasteiger partial charge in [-0.2, -0.15) is 0 Å². The van der Waals surface area contributed by atoms with Gasteiger partial charge in [-0.05, 0) is 50.6 Å². The highest BCUT2D eigenvalue weighted by Crippen LogP contribution is 2.26. The van der Waals surface area contributed by atoms with Crippen molar-refractivity contribution in [2.75, 3.05) is 13.1 Å². The maximum absolute atomic E-state index is 6.22. The van der Waals surface area contributed by atoms with Crippen LogP contribution >= 0.6 is 15.9 Å². The van der Waals surface area contributed by atoms with Gasteiger partial charge in [-0.1, -0.05) is 41.9 Å². The number of hydrogen-bond acceptors (Lipinski definition) is 2. The summed E-state index contributed by atoms with van der Waals surface area (Å²) in [6.07, 6.45) is 2.33. The molecule has 0 aromatic heterocycles. The van der Waals surface area contributed by atoms with Gasteiger partial charge in [0.1, 0.15) is 0 Å². The third kappa shape index (κ3) is 4.38. The molecule has 2 atom stereocenters. The summed E-state index contributed by atoms with van der Waals surface area (Å²) in [7, 11) is 0. The highest BCUT2D eigenvalue weighted by molar-refractivity contribution is 9.10. The molecule has 1 rings (SSSR count). The number of benzene rings is 1. The molecule has 2 unspecified atom stereocenters. The fourth-order valence-corrected chi connectivity index (χ4v) is 2.92. The molecule has 3 heteroatoms. The van der Waals surface area contributed by atoms with Crippen molar-refractivity contribution in [1.29, 1.82) is 0 Å². The largest absolute Gasteiger partial charge is 0.326 e. The summed E-state index contributed by atoms with van der Waals surface area (Å²) in [5.41, 5.74) is 7.53. The van der Waals surface area contributed by atoms with Gasteiger partial charge in [-0.3, -0.25) is 4.90 Å². The number of nitrogens with zero attached hydrogens (tertiary/aromatic N) is 1. The minimum atomic E-state index is 0.136. The zero-order chi connectivity index (χ0) is 13.5. The Hall–Kier alpha value is -0.380. The van der Waals surface area contributed by atoms with E-state index in [1.807, 2.05) is 0 Å². The maximum atomic E-state index is 6.22. The van der Waals surface area contributed by atoms with Crippen LogP contribution in [0.4, 0.5) is 0 Å². The van der Waals surface area contributed by atoms with Gasteiger partial charge in [0.2, 0.25) is 0 Å². The summed E-state index contributed by atoms with van der Waals surface area (Å²) in [6.45, 7) is 8.76. The fourth-order valence-electron chi connectivity index (χ4n) is 2.50. The predicted molar refractivity (Wildman–Crippen MR) is 82.7 cm³/mol. The van der Waals surface area contributed by atoms with E-state index in [-0.39, 0.29) is 6.04 Å². The first kappa shape index (κ1) is 15.7. The SMILES string of the molecule is CCCN(CCC)C(c1cccc(Br)c1)C(C)N. The normalized spacial score (nSPS) is 14.8. The topological polar surface area (TPSA) is 29.3 Å². The van der Waals surface area contributed by atoms with Gasteiger partial charge >= 0.3 is 0 Å². The number of halogens is 1. The number of nitrogens with two attached hydrogens (primary N) is 1. The van der Waals surface area contributed by atoms with E-state index < -0.39 is 0 Å². The molecule has 2 N–H and O–H groups in total. The molecular weight excluding hydrogens is 288 g/mol. The molecule has 18 heavy (non-hydrogen) atoms. The summed E-state index contributed by atoms with van der Waals surface area (Å²) < 4.78 is 1.12. The van der Waals surface area contributed by atoms with Gasteiger partial charge in [0.25, 0.3) is 0 Å². The molecule has 0 spiro atoms. The lowest BCUT2D eigenvalue weighted by Crippen LogP contribution is -2.40. The van der Waals surface area contributed by atoms with Crippen molar-refractivity contribution in [1.82, 2.24) is 4.90 Å². The van der Waals surface area contributed by atoms with Gasteiger partial charge < -0.3 is 5.73 Å². The van der Waals surface area contributed by atoms with E-state index in [0.717, 1.165) is 30.4 Å². The Bertz CT molecular complexity index is 346. The molecule has 1 aromatic carbocycles. The van der Waals surface area contributed by atoms with Crippen LogP contribution in [0.15, 0.2) is 28.7 Å². The lowest BCUT2D eigenvalue weighted by atomic mass is 9.98. The Morgan fingerprint density at radius 1 is 1.22 bits per heavy atom. The third-order valence-corrected chi connectivity index (χ3v) is 3.60. The van der Waals surface area contributed by atoms with Crippen molar-refractivity contribution in [2.24, 2.45) is 5.73 Å². The van der Waals surface area contributed by atoms with Gasteiger partial charge in [-0.15, -0.1) is 0 Å². The second kappa shape index (κ2) is 7.93. The van der Waals surface area contributed by atoms with Crippen molar-refractivity contribution >= 4 is 15.9 Å². The molecule has 0 radical (unpaired) electrons. The first-order valence-electron chi connectivity index (χ1n) is 6.85. The molecule has 0 aliphatic heterocycles. The summed E-state index contributed by atoms with van der Waals surface area (Å²) in [5.74, 6) is 0. The molecule has 1 aromatic rings. The predicted octanol–water partition coefficient (Wildman–Crippen LogP) is 3.96. The molecule has 0 heterocycles. The Kier molecular flexibility index (Phi) is 6.90. The van der Waals surface area contributed by atoms with Crippen molar-refractivity contribution < 1.29 is 0 Å². The molecule has 0 fully saturated rings. The minimum absolute atomic E-state index is 0.136. The third-order valence-electron chi connectivity index (χ3n) is 3.10. The average Bonchev–Trinajstić information content (AvgIpc) is 2.29.